The molecular formula is C12H17Ge. The maximum absolute atomic E-state index is 2.26. The molecule has 3 radical (unpaired) electrons. The first-order valence-electron chi connectivity index (χ1n) is 4.88. The Bertz CT molecular complexity index is 261. The van der Waals surface area contributed by atoms with Crippen molar-refractivity contribution in [1.82, 2.24) is 0 Å². The zero-order chi connectivity index (χ0) is 10.0. The van der Waals surface area contributed by atoms with Crippen LogP contribution in [0, 0.1) is 0 Å². The molecule has 0 unspecified atom stereocenters. The van der Waals surface area contributed by atoms with Crippen molar-refractivity contribution in [1.29, 1.82) is 0 Å². The van der Waals surface area contributed by atoms with Gasteiger partial charge >= 0.3 is 89.8 Å². The van der Waals surface area contributed by atoms with E-state index in [1.807, 2.05) is 0 Å². The van der Waals surface area contributed by atoms with Crippen LogP contribution in [0.4, 0.5) is 0 Å². The maximum atomic E-state index is 2.26. The van der Waals surface area contributed by atoms with Gasteiger partial charge in [-0.2, -0.15) is 0 Å². The monoisotopic (exact) mass is 235 g/mol. The van der Waals surface area contributed by atoms with Crippen LogP contribution < -0.4 is 4.40 Å². The first-order chi connectivity index (χ1) is 6.04. The summed E-state index contributed by atoms with van der Waals surface area (Å²) in [6, 6.07) is 6.66. The van der Waals surface area contributed by atoms with Gasteiger partial charge in [-0.25, -0.2) is 0 Å². The number of rotatable bonds is 2. The average Bonchev–Trinajstić information content (AvgIpc) is 2.03. The molecule has 0 spiro atoms. The predicted molar refractivity (Wildman–Crippen MR) is 60.0 cm³/mol. The van der Waals surface area contributed by atoms with E-state index in [1.54, 1.807) is 0 Å². The van der Waals surface area contributed by atoms with E-state index in [1.165, 1.54) is 15.5 Å². The third-order valence-corrected chi connectivity index (χ3v) is 3.58. The van der Waals surface area contributed by atoms with Gasteiger partial charge < -0.3 is 0 Å². The van der Waals surface area contributed by atoms with Crippen molar-refractivity contribution in [2.45, 2.75) is 39.5 Å². The van der Waals surface area contributed by atoms with Crippen LogP contribution >= 0.6 is 0 Å². The van der Waals surface area contributed by atoms with Crippen LogP contribution in [0.15, 0.2) is 18.2 Å². The van der Waals surface area contributed by atoms with Gasteiger partial charge in [0, 0.05) is 0 Å². The van der Waals surface area contributed by atoms with Gasteiger partial charge in [0.15, 0.2) is 0 Å². The number of benzene rings is 1. The Morgan fingerprint density at radius 3 is 1.62 bits per heavy atom. The van der Waals surface area contributed by atoms with Crippen LogP contribution in [0.5, 0.6) is 0 Å². The fourth-order valence-electron chi connectivity index (χ4n) is 1.55. The SMILES string of the molecule is CC(C)c1cccc(C(C)C)[c]1[Ge]. The molecule has 69 valence electrons. The van der Waals surface area contributed by atoms with E-state index < -0.39 is 0 Å². The van der Waals surface area contributed by atoms with Gasteiger partial charge in [0.2, 0.25) is 0 Å². The molecule has 0 saturated carbocycles. The van der Waals surface area contributed by atoms with Crippen molar-refractivity contribution in [2.24, 2.45) is 0 Å². The first-order valence-corrected chi connectivity index (χ1v) is 5.93. The minimum atomic E-state index is 0.638. The number of hydrogen-bond donors (Lipinski definition) is 0. The van der Waals surface area contributed by atoms with Gasteiger partial charge in [0.25, 0.3) is 0 Å². The zero-order valence-electron chi connectivity index (χ0n) is 8.89. The molecule has 0 aliphatic heterocycles. The quantitative estimate of drug-likeness (QED) is 0.690. The van der Waals surface area contributed by atoms with Crippen LogP contribution in [0.1, 0.15) is 50.7 Å². The second kappa shape index (κ2) is 4.32. The summed E-state index contributed by atoms with van der Waals surface area (Å²) in [5, 5.41) is 0. The van der Waals surface area contributed by atoms with Gasteiger partial charge in [0.05, 0.1) is 0 Å². The van der Waals surface area contributed by atoms with Gasteiger partial charge in [-0.05, 0) is 0 Å². The van der Waals surface area contributed by atoms with E-state index in [4.69, 9.17) is 0 Å². The van der Waals surface area contributed by atoms with Crippen molar-refractivity contribution in [3.63, 3.8) is 0 Å². The Labute approximate surface area is 90.0 Å². The van der Waals surface area contributed by atoms with Gasteiger partial charge in [-0.3, -0.25) is 0 Å². The molecule has 1 heteroatoms. The van der Waals surface area contributed by atoms with E-state index >= 15 is 0 Å². The molecule has 1 aromatic carbocycles. The molecule has 0 aliphatic carbocycles. The van der Waals surface area contributed by atoms with E-state index in [0.29, 0.717) is 11.8 Å². The first kappa shape index (κ1) is 10.8. The third-order valence-electron chi connectivity index (χ3n) is 2.37. The molecular weight excluding hydrogens is 217 g/mol. The Morgan fingerprint density at radius 1 is 0.923 bits per heavy atom. The van der Waals surface area contributed by atoms with Crippen LogP contribution in [-0.2, 0) is 0 Å². The van der Waals surface area contributed by atoms with Gasteiger partial charge in [-0.1, -0.05) is 0 Å². The summed E-state index contributed by atoms with van der Waals surface area (Å²) in [6.07, 6.45) is 0. The second-order valence-electron chi connectivity index (χ2n) is 4.12. The molecule has 0 aromatic heterocycles. The third kappa shape index (κ3) is 2.37. The molecule has 0 aliphatic rings. The van der Waals surface area contributed by atoms with Crippen LogP contribution in [0.3, 0.4) is 0 Å². The van der Waals surface area contributed by atoms with E-state index in [2.05, 4.69) is 62.4 Å². The molecule has 0 fully saturated rings. The molecule has 0 N–H and O–H groups in total. The average molecular weight is 234 g/mol. The minimum absolute atomic E-state index is 0.638. The van der Waals surface area contributed by atoms with E-state index in [9.17, 15) is 0 Å². The second-order valence-corrected chi connectivity index (χ2v) is 5.17. The summed E-state index contributed by atoms with van der Waals surface area (Å²) in [6.45, 7) is 9.03. The Morgan fingerprint density at radius 2 is 1.31 bits per heavy atom. The fraction of sp³-hybridized carbons (Fsp3) is 0.500. The van der Waals surface area contributed by atoms with Crippen LogP contribution in [0.2, 0.25) is 0 Å². The molecule has 13 heavy (non-hydrogen) atoms. The molecule has 1 rings (SSSR count). The summed E-state index contributed by atoms with van der Waals surface area (Å²) < 4.78 is 1.48. The Kier molecular flexibility index (Phi) is 3.60. The summed E-state index contributed by atoms with van der Waals surface area (Å²) in [5.74, 6) is 1.28. The molecule has 0 bridgehead atoms. The molecule has 0 atom stereocenters. The van der Waals surface area contributed by atoms with Gasteiger partial charge in [0.1, 0.15) is 0 Å². The topological polar surface area (TPSA) is 0 Å². The molecule has 0 saturated heterocycles. The van der Waals surface area contributed by atoms with E-state index in [0.717, 1.165) is 0 Å². The fourth-order valence-corrected chi connectivity index (χ4v) is 3.11. The van der Waals surface area contributed by atoms with Gasteiger partial charge in [-0.15, -0.1) is 0 Å². The Hall–Kier alpha value is -0.237. The van der Waals surface area contributed by atoms with Crippen molar-refractivity contribution in [3.8, 4) is 0 Å². The standard InChI is InChI=1S/C12H17Ge/c1-8(2)10-6-5-7-11(9(3)4)12(10)13/h5-9H,1-4H3. The molecule has 1 aromatic rings. The molecule has 0 nitrogen and oxygen atoms in total. The normalized spacial score (nSPS) is 11.3. The van der Waals surface area contributed by atoms with Crippen molar-refractivity contribution >= 4 is 20.9 Å². The van der Waals surface area contributed by atoms with Crippen molar-refractivity contribution in [3.05, 3.63) is 29.3 Å². The summed E-state index contributed by atoms with van der Waals surface area (Å²) in [7, 11) is 0. The van der Waals surface area contributed by atoms with Crippen LogP contribution in [0.25, 0.3) is 0 Å². The Balaban J connectivity index is 3.18. The predicted octanol–water partition coefficient (Wildman–Crippen LogP) is 2.73. The molecule has 0 amide bonds. The summed E-state index contributed by atoms with van der Waals surface area (Å²) in [4.78, 5) is 0. The summed E-state index contributed by atoms with van der Waals surface area (Å²) >= 11 is 2.24. The van der Waals surface area contributed by atoms with Crippen molar-refractivity contribution < 1.29 is 0 Å². The van der Waals surface area contributed by atoms with Crippen LogP contribution in [-0.4, -0.2) is 16.5 Å². The zero-order valence-corrected chi connectivity index (χ0v) is 11.0. The van der Waals surface area contributed by atoms with E-state index in [-0.39, 0.29) is 0 Å². The van der Waals surface area contributed by atoms with Crippen molar-refractivity contribution in [2.75, 3.05) is 0 Å². The summed E-state index contributed by atoms with van der Waals surface area (Å²) in [5.41, 5.74) is 2.98. The molecule has 0 heterocycles. The number of hydrogen-bond acceptors (Lipinski definition) is 0.